The van der Waals surface area contributed by atoms with Crippen molar-refractivity contribution in [2.24, 2.45) is 11.7 Å². The molecule has 1 atom stereocenters. The highest BCUT2D eigenvalue weighted by atomic mass is 79.9. The number of rotatable bonds is 4. The monoisotopic (exact) mass is 334 g/mol. The van der Waals surface area contributed by atoms with E-state index in [2.05, 4.69) is 20.7 Å². The minimum atomic E-state index is -2.93. The summed E-state index contributed by atoms with van der Waals surface area (Å²) < 4.78 is 29.9. The Balaban J connectivity index is 2.31. The predicted octanol–water partition coefficient (Wildman–Crippen LogP) is 2.36. The highest BCUT2D eigenvalue weighted by Gasteiger charge is 2.31. The molecule has 2 rings (SSSR count). The summed E-state index contributed by atoms with van der Waals surface area (Å²) in [5.74, 6) is -0.0946. The first-order chi connectivity index (χ1) is 9.01. The number of halogens is 3. The van der Waals surface area contributed by atoms with E-state index in [4.69, 9.17) is 5.73 Å². The van der Waals surface area contributed by atoms with Gasteiger partial charge in [-0.25, -0.2) is 0 Å². The van der Waals surface area contributed by atoms with E-state index in [1.54, 1.807) is 12.1 Å². The minimum Gasteiger partial charge on any atom is -0.433 e. The van der Waals surface area contributed by atoms with Gasteiger partial charge in [-0.3, -0.25) is 4.79 Å². The van der Waals surface area contributed by atoms with Crippen LogP contribution in [0, 0.1) is 5.92 Å². The number of ether oxygens (including phenoxy) is 1. The van der Waals surface area contributed by atoms with Crippen molar-refractivity contribution in [3.63, 3.8) is 0 Å². The fourth-order valence-electron chi connectivity index (χ4n) is 2.07. The van der Waals surface area contributed by atoms with E-state index in [0.29, 0.717) is 29.7 Å². The Labute approximate surface area is 117 Å². The van der Waals surface area contributed by atoms with E-state index in [-0.39, 0.29) is 17.6 Å². The zero-order chi connectivity index (χ0) is 14.0. The molecule has 7 heteroatoms. The van der Waals surface area contributed by atoms with Crippen LogP contribution in [-0.2, 0) is 4.79 Å². The maximum absolute atomic E-state index is 12.4. The maximum atomic E-state index is 12.4. The van der Waals surface area contributed by atoms with Crippen molar-refractivity contribution in [3.8, 4) is 5.75 Å². The lowest BCUT2D eigenvalue weighted by molar-refractivity contribution is -0.117. The van der Waals surface area contributed by atoms with Crippen molar-refractivity contribution in [2.75, 3.05) is 18.0 Å². The molecule has 4 nitrogen and oxygen atoms in total. The highest BCUT2D eigenvalue weighted by Crippen LogP contribution is 2.35. The number of anilines is 1. The lowest BCUT2D eigenvalue weighted by atomic mass is 10.1. The number of hydrogen-bond donors (Lipinski definition) is 1. The van der Waals surface area contributed by atoms with Gasteiger partial charge in [0.2, 0.25) is 5.91 Å². The molecule has 1 unspecified atom stereocenters. The second kappa shape index (κ2) is 5.83. The van der Waals surface area contributed by atoms with Gasteiger partial charge in [0.05, 0.1) is 5.69 Å². The molecule has 0 saturated carbocycles. The molecule has 0 aliphatic carbocycles. The third-order valence-corrected chi connectivity index (χ3v) is 3.46. The van der Waals surface area contributed by atoms with E-state index in [1.165, 1.54) is 11.0 Å². The topological polar surface area (TPSA) is 55.6 Å². The molecule has 1 aliphatic heterocycles. The third-order valence-electron chi connectivity index (χ3n) is 2.97. The predicted molar refractivity (Wildman–Crippen MR) is 70.3 cm³/mol. The SMILES string of the molecule is NCC1CC(=O)N(c2ccc(Br)cc2OC(F)F)C1. The molecule has 2 N–H and O–H groups in total. The Morgan fingerprint density at radius 3 is 2.84 bits per heavy atom. The van der Waals surface area contributed by atoms with E-state index in [9.17, 15) is 13.6 Å². The van der Waals surface area contributed by atoms with Crippen molar-refractivity contribution >= 4 is 27.5 Å². The summed E-state index contributed by atoms with van der Waals surface area (Å²) in [6, 6.07) is 4.68. The Bertz CT molecular complexity index is 485. The summed E-state index contributed by atoms with van der Waals surface area (Å²) in [5, 5.41) is 0. The zero-order valence-electron chi connectivity index (χ0n) is 9.98. The Morgan fingerprint density at radius 1 is 1.53 bits per heavy atom. The summed E-state index contributed by atoms with van der Waals surface area (Å²) in [6.07, 6.45) is 0.334. The second-order valence-corrected chi connectivity index (χ2v) is 5.22. The maximum Gasteiger partial charge on any atom is 0.387 e. The van der Waals surface area contributed by atoms with Gasteiger partial charge in [-0.05, 0) is 30.7 Å². The van der Waals surface area contributed by atoms with Crippen LogP contribution in [-0.4, -0.2) is 25.6 Å². The third kappa shape index (κ3) is 3.22. The van der Waals surface area contributed by atoms with Crippen molar-refractivity contribution in [3.05, 3.63) is 22.7 Å². The number of hydrogen-bond acceptors (Lipinski definition) is 3. The van der Waals surface area contributed by atoms with Gasteiger partial charge in [0.25, 0.3) is 0 Å². The quantitative estimate of drug-likeness (QED) is 0.919. The van der Waals surface area contributed by atoms with Gasteiger partial charge < -0.3 is 15.4 Å². The number of nitrogens with zero attached hydrogens (tertiary/aromatic N) is 1. The van der Waals surface area contributed by atoms with Gasteiger partial charge in [-0.2, -0.15) is 8.78 Å². The molecule has 0 radical (unpaired) electrons. The van der Waals surface area contributed by atoms with Crippen LogP contribution < -0.4 is 15.4 Å². The first-order valence-electron chi connectivity index (χ1n) is 5.76. The van der Waals surface area contributed by atoms with Crippen molar-refractivity contribution in [2.45, 2.75) is 13.0 Å². The molecule has 1 aromatic rings. The van der Waals surface area contributed by atoms with Gasteiger partial charge >= 0.3 is 6.61 Å². The fourth-order valence-corrected chi connectivity index (χ4v) is 2.41. The molecule has 1 aromatic carbocycles. The van der Waals surface area contributed by atoms with Crippen LogP contribution in [0.1, 0.15) is 6.42 Å². The molecular weight excluding hydrogens is 322 g/mol. The Morgan fingerprint density at radius 2 is 2.26 bits per heavy atom. The summed E-state index contributed by atoms with van der Waals surface area (Å²) in [5.41, 5.74) is 5.89. The number of nitrogens with two attached hydrogens (primary N) is 1. The summed E-state index contributed by atoms with van der Waals surface area (Å²) in [6.45, 7) is -2.11. The Hall–Kier alpha value is -1.21. The largest absolute Gasteiger partial charge is 0.433 e. The molecule has 1 amide bonds. The minimum absolute atomic E-state index is 0.0182. The number of carbonyl (C=O) groups excluding carboxylic acids is 1. The highest BCUT2D eigenvalue weighted by molar-refractivity contribution is 9.10. The average molecular weight is 335 g/mol. The van der Waals surface area contributed by atoms with Crippen LogP contribution in [0.25, 0.3) is 0 Å². The van der Waals surface area contributed by atoms with Gasteiger partial charge in [-0.1, -0.05) is 15.9 Å². The number of benzene rings is 1. The van der Waals surface area contributed by atoms with Gasteiger partial charge in [0.15, 0.2) is 5.75 Å². The van der Waals surface area contributed by atoms with Gasteiger partial charge in [0, 0.05) is 17.4 Å². The van der Waals surface area contributed by atoms with E-state index in [0.717, 1.165) is 0 Å². The number of alkyl halides is 2. The molecule has 1 saturated heterocycles. The van der Waals surface area contributed by atoms with E-state index < -0.39 is 6.61 Å². The Kier molecular flexibility index (Phi) is 4.36. The first kappa shape index (κ1) is 14.2. The van der Waals surface area contributed by atoms with Crippen LogP contribution in [0.15, 0.2) is 22.7 Å². The lowest BCUT2D eigenvalue weighted by Crippen LogP contribution is -2.26. The molecule has 1 aliphatic rings. The van der Waals surface area contributed by atoms with Gasteiger partial charge in [0.1, 0.15) is 0 Å². The van der Waals surface area contributed by atoms with Crippen LogP contribution in [0.5, 0.6) is 5.75 Å². The van der Waals surface area contributed by atoms with E-state index in [1.807, 2.05) is 0 Å². The van der Waals surface area contributed by atoms with Crippen molar-refractivity contribution in [1.29, 1.82) is 0 Å². The van der Waals surface area contributed by atoms with Crippen LogP contribution in [0.2, 0.25) is 0 Å². The van der Waals surface area contributed by atoms with Crippen LogP contribution in [0.4, 0.5) is 14.5 Å². The van der Waals surface area contributed by atoms with Gasteiger partial charge in [-0.15, -0.1) is 0 Å². The number of amides is 1. The molecule has 1 fully saturated rings. The smallest absolute Gasteiger partial charge is 0.387 e. The van der Waals surface area contributed by atoms with E-state index >= 15 is 0 Å². The summed E-state index contributed by atoms with van der Waals surface area (Å²) in [4.78, 5) is 13.3. The summed E-state index contributed by atoms with van der Waals surface area (Å²) >= 11 is 3.19. The molecular formula is C12H13BrF2N2O2. The summed E-state index contributed by atoms with van der Waals surface area (Å²) in [7, 11) is 0. The fraction of sp³-hybridized carbons (Fsp3) is 0.417. The molecule has 0 bridgehead atoms. The van der Waals surface area contributed by atoms with Crippen LogP contribution in [0.3, 0.4) is 0 Å². The second-order valence-electron chi connectivity index (χ2n) is 4.30. The molecule has 1 heterocycles. The first-order valence-corrected chi connectivity index (χ1v) is 6.55. The number of carbonyl (C=O) groups is 1. The van der Waals surface area contributed by atoms with Crippen LogP contribution >= 0.6 is 15.9 Å². The molecule has 0 aromatic heterocycles. The zero-order valence-corrected chi connectivity index (χ0v) is 11.6. The van der Waals surface area contributed by atoms with Crippen molar-refractivity contribution < 1.29 is 18.3 Å². The lowest BCUT2D eigenvalue weighted by Gasteiger charge is -2.20. The normalized spacial score (nSPS) is 19.3. The molecule has 104 valence electrons. The van der Waals surface area contributed by atoms with Crippen molar-refractivity contribution in [1.82, 2.24) is 0 Å². The molecule has 19 heavy (non-hydrogen) atoms. The average Bonchev–Trinajstić information content (AvgIpc) is 2.70. The standard InChI is InChI=1S/C12H13BrF2N2O2/c13-8-1-2-9(10(4-8)19-12(14)15)17-6-7(5-16)3-11(17)18/h1-2,4,7,12H,3,5-6,16H2. The molecule has 0 spiro atoms.